The molecule has 1 saturated heterocycles. The molecule has 0 unspecified atom stereocenters. The number of halogens is 3. The van der Waals surface area contributed by atoms with Crippen LogP contribution in [-0.4, -0.2) is 68.8 Å². The first-order chi connectivity index (χ1) is 9.14. The van der Waals surface area contributed by atoms with E-state index >= 15 is 0 Å². The standard InChI is InChI=1S/C7H17N2O3P.C2HF3O2/c1-11-13(10,12-2)7-9-5-3-8-4-6-9;3-2(4,5)1(6)7/h8H,3-7H2,1-2H3;(H,6,7). The molecule has 0 atom stereocenters. The van der Waals surface area contributed by atoms with Gasteiger partial charge in [-0.1, -0.05) is 0 Å². The van der Waals surface area contributed by atoms with E-state index in [1.807, 2.05) is 0 Å². The molecule has 7 nitrogen and oxygen atoms in total. The van der Waals surface area contributed by atoms with Crippen LogP contribution in [0.3, 0.4) is 0 Å². The minimum atomic E-state index is -5.08. The molecule has 20 heavy (non-hydrogen) atoms. The highest BCUT2D eigenvalue weighted by Crippen LogP contribution is 2.46. The number of hydrogen-bond acceptors (Lipinski definition) is 6. The van der Waals surface area contributed by atoms with E-state index in [-0.39, 0.29) is 0 Å². The highest BCUT2D eigenvalue weighted by molar-refractivity contribution is 7.53. The monoisotopic (exact) mass is 322 g/mol. The Hall–Kier alpha value is -0.670. The molecule has 0 aromatic rings. The molecule has 1 fully saturated rings. The van der Waals surface area contributed by atoms with E-state index in [1.54, 1.807) is 0 Å². The Kier molecular flexibility index (Phi) is 8.29. The predicted molar refractivity (Wildman–Crippen MR) is 64.6 cm³/mol. The first kappa shape index (κ1) is 19.3. The third-order valence-corrected chi connectivity index (χ3v) is 4.24. The van der Waals surface area contributed by atoms with Crippen LogP contribution < -0.4 is 5.32 Å². The Morgan fingerprint density at radius 3 is 2.00 bits per heavy atom. The fraction of sp³-hybridized carbons (Fsp3) is 0.889. The van der Waals surface area contributed by atoms with Gasteiger partial charge in [-0.15, -0.1) is 0 Å². The van der Waals surface area contributed by atoms with Gasteiger partial charge in [0.1, 0.15) is 6.29 Å². The van der Waals surface area contributed by atoms with Gasteiger partial charge in [-0.3, -0.25) is 9.46 Å². The summed E-state index contributed by atoms with van der Waals surface area (Å²) in [5.74, 6) is -2.76. The maximum atomic E-state index is 11.7. The normalized spacial score (nSPS) is 17.2. The first-order valence-corrected chi connectivity index (χ1v) is 7.31. The van der Waals surface area contributed by atoms with E-state index in [4.69, 9.17) is 18.9 Å². The largest absolute Gasteiger partial charge is 0.490 e. The maximum absolute atomic E-state index is 11.7. The van der Waals surface area contributed by atoms with E-state index in [1.165, 1.54) is 14.2 Å². The number of nitrogens with zero attached hydrogens (tertiary/aromatic N) is 1. The Bertz CT molecular complexity index is 339. The molecule has 0 saturated carbocycles. The zero-order chi connectivity index (χ0) is 15.8. The van der Waals surface area contributed by atoms with Crippen molar-refractivity contribution < 1.29 is 36.7 Å². The van der Waals surface area contributed by atoms with Gasteiger partial charge in [0.15, 0.2) is 0 Å². The third-order valence-electron chi connectivity index (χ3n) is 2.38. The molecule has 0 amide bonds. The van der Waals surface area contributed by atoms with Gasteiger partial charge in [-0.2, -0.15) is 13.2 Å². The second kappa shape index (κ2) is 8.58. The molecular formula is C9H18F3N2O5P. The number of hydrogen-bond donors (Lipinski definition) is 2. The summed E-state index contributed by atoms with van der Waals surface area (Å²) < 4.78 is 53.2. The van der Waals surface area contributed by atoms with Gasteiger partial charge < -0.3 is 19.5 Å². The van der Waals surface area contributed by atoms with Crippen LogP contribution in [0.5, 0.6) is 0 Å². The van der Waals surface area contributed by atoms with Crippen molar-refractivity contribution in [1.29, 1.82) is 0 Å². The summed E-state index contributed by atoms with van der Waals surface area (Å²) >= 11 is 0. The molecule has 1 aliphatic heterocycles. The lowest BCUT2D eigenvalue weighted by molar-refractivity contribution is -0.192. The molecule has 0 spiro atoms. The quantitative estimate of drug-likeness (QED) is 0.746. The number of carboxylic acid groups (broad SMARTS) is 1. The van der Waals surface area contributed by atoms with Crippen molar-refractivity contribution in [1.82, 2.24) is 10.2 Å². The fourth-order valence-electron chi connectivity index (χ4n) is 1.29. The molecule has 120 valence electrons. The molecule has 0 aliphatic carbocycles. The van der Waals surface area contributed by atoms with Gasteiger partial charge in [0.05, 0.1) is 0 Å². The Balaban J connectivity index is 0.000000441. The SMILES string of the molecule is COP(=O)(CN1CCNCC1)OC.O=C(O)C(F)(F)F. The number of nitrogens with one attached hydrogen (secondary N) is 1. The van der Waals surface area contributed by atoms with Gasteiger partial charge >= 0.3 is 19.7 Å². The van der Waals surface area contributed by atoms with E-state index in [2.05, 4.69) is 10.2 Å². The van der Waals surface area contributed by atoms with Crippen LogP contribution in [0.15, 0.2) is 0 Å². The zero-order valence-electron chi connectivity index (χ0n) is 11.1. The van der Waals surface area contributed by atoms with Crippen LogP contribution >= 0.6 is 7.60 Å². The number of carbonyl (C=O) groups is 1. The second-order valence-electron chi connectivity index (χ2n) is 3.79. The van der Waals surface area contributed by atoms with Crippen LogP contribution in [0.1, 0.15) is 0 Å². The summed E-state index contributed by atoms with van der Waals surface area (Å²) in [5, 5.41) is 10.3. The second-order valence-corrected chi connectivity index (χ2v) is 6.02. The molecular weight excluding hydrogens is 304 g/mol. The van der Waals surface area contributed by atoms with E-state index in [9.17, 15) is 17.7 Å². The van der Waals surface area contributed by atoms with Crippen LogP contribution in [0.2, 0.25) is 0 Å². The minimum absolute atomic E-state index is 0.391. The predicted octanol–water partition coefficient (Wildman–Crippen LogP) is 0.968. The van der Waals surface area contributed by atoms with Crippen LogP contribution in [0, 0.1) is 0 Å². The fourth-order valence-corrected chi connectivity index (χ4v) is 2.44. The molecule has 0 bridgehead atoms. The van der Waals surface area contributed by atoms with Crippen LogP contribution in [0.4, 0.5) is 13.2 Å². The Morgan fingerprint density at radius 1 is 1.30 bits per heavy atom. The van der Waals surface area contributed by atoms with Crippen molar-refractivity contribution in [2.45, 2.75) is 6.18 Å². The summed E-state index contributed by atoms with van der Waals surface area (Å²) in [6.45, 7) is 3.67. The van der Waals surface area contributed by atoms with Crippen LogP contribution in [0.25, 0.3) is 0 Å². The van der Waals surface area contributed by atoms with Crippen molar-refractivity contribution >= 4 is 13.6 Å². The summed E-state index contributed by atoms with van der Waals surface area (Å²) in [4.78, 5) is 11.0. The number of rotatable bonds is 4. The summed E-state index contributed by atoms with van der Waals surface area (Å²) in [6.07, 6.45) is -4.69. The molecule has 11 heteroatoms. The maximum Gasteiger partial charge on any atom is 0.490 e. The summed E-state index contributed by atoms with van der Waals surface area (Å²) in [7, 11) is -0.00529. The minimum Gasteiger partial charge on any atom is -0.475 e. The lowest BCUT2D eigenvalue weighted by Crippen LogP contribution is -2.43. The highest BCUT2D eigenvalue weighted by atomic mass is 31.2. The molecule has 2 N–H and O–H groups in total. The molecule has 0 radical (unpaired) electrons. The number of aliphatic carboxylic acids is 1. The van der Waals surface area contributed by atoms with E-state index < -0.39 is 19.7 Å². The van der Waals surface area contributed by atoms with Gasteiger partial charge in [-0.05, 0) is 0 Å². The van der Waals surface area contributed by atoms with E-state index in [0.717, 1.165) is 26.2 Å². The molecule has 1 aliphatic rings. The van der Waals surface area contributed by atoms with Gasteiger partial charge in [0.2, 0.25) is 0 Å². The van der Waals surface area contributed by atoms with Crippen LogP contribution in [-0.2, 0) is 18.4 Å². The lowest BCUT2D eigenvalue weighted by atomic mass is 10.4. The molecule has 0 aromatic heterocycles. The van der Waals surface area contributed by atoms with Crippen molar-refractivity contribution in [2.75, 3.05) is 46.7 Å². The average molecular weight is 322 g/mol. The third kappa shape index (κ3) is 7.81. The number of alkyl halides is 3. The average Bonchev–Trinajstić information content (AvgIpc) is 2.39. The summed E-state index contributed by atoms with van der Waals surface area (Å²) in [5.41, 5.74) is 0. The van der Waals surface area contributed by atoms with Gasteiger partial charge in [0, 0.05) is 40.4 Å². The van der Waals surface area contributed by atoms with Gasteiger partial charge in [-0.25, -0.2) is 4.79 Å². The zero-order valence-corrected chi connectivity index (χ0v) is 12.0. The number of piperazine rings is 1. The Labute approximate surface area is 114 Å². The van der Waals surface area contributed by atoms with E-state index in [0.29, 0.717) is 6.29 Å². The van der Waals surface area contributed by atoms with Gasteiger partial charge in [0.25, 0.3) is 0 Å². The Morgan fingerprint density at radius 2 is 1.70 bits per heavy atom. The summed E-state index contributed by atoms with van der Waals surface area (Å²) in [6, 6.07) is 0. The number of carboxylic acids is 1. The molecule has 0 aromatic carbocycles. The molecule has 1 rings (SSSR count). The van der Waals surface area contributed by atoms with Crippen molar-refractivity contribution in [3.63, 3.8) is 0 Å². The molecule has 1 heterocycles. The first-order valence-electron chi connectivity index (χ1n) is 5.58. The highest BCUT2D eigenvalue weighted by Gasteiger charge is 2.38. The topological polar surface area (TPSA) is 88.1 Å². The van der Waals surface area contributed by atoms with Crippen molar-refractivity contribution in [3.8, 4) is 0 Å². The van der Waals surface area contributed by atoms with Crippen molar-refractivity contribution in [3.05, 3.63) is 0 Å². The van der Waals surface area contributed by atoms with Crippen molar-refractivity contribution in [2.24, 2.45) is 0 Å². The smallest absolute Gasteiger partial charge is 0.475 e. The lowest BCUT2D eigenvalue weighted by Gasteiger charge is -2.29.